The predicted molar refractivity (Wildman–Crippen MR) is 116 cm³/mol. The normalized spacial score (nSPS) is 16.0. The zero-order valence-corrected chi connectivity index (χ0v) is 19.0. The number of benzene rings is 1. The van der Waals surface area contributed by atoms with E-state index in [-0.39, 0.29) is 18.9 Å². The summed E-state index contributed by atoms with van der Waals surface area (Å²) in [5.74, 6) is -0.569. The number of ether oxygens (including phenoxy) is 1. The molecule has 2 heterocycles. The van der Waals surface area contributed by atoms with Gasteiger partial charge in [0.2, 0.25) is 5.91 Å². The largest absolute Gasteiger partial charge is 0.463 e. The third-order valence-corrected chi connectivity index (χ3v) is 5.95. The Morgan fingerprint density at radius 3 is 2.83 bits per heavy atom. The van der Waals surface area contributed by atoms with Crippen molar-refractivity contribution in [3.63, 3.8) is 0 Å². The van der Waals surface area contributed by atoms with Gasteiger partial charge in [0.25, 0.3) is 0 Å². The topological polar surface area (TPSA) is 92.7 Å². The molecule has 0 saturated carbocycles. The summed E-state index contributed by atoms with van der Waals surface area (Å²) in [6.07, 6.45) is 0.163. The highest BCUT2D eigenvalue weighted by atomic mass is 79.9. The van der Waals surface area contributed by atoms with Gasteiger partial charge in [0, 0.05) is 22.6 Å². The SMILES string of the molecule is CCOC(=O)C1=C(C)NC(c2nc(CC(=O)NC)cs2)=NC1c1ccc(F)cc1Br. The van der Waals surface area contributed by atoms with Crippen LogP contribution in [-0.2, 0) is 20.7 Å². The van der Waals surface area contributed by atoms with E-state index < -0.39 is 17.8 Å². The first kappa shape index (κ1) is 22.1. The Hall–Kier alpha value is -2.59. The summed E-state index contributed by atoms with van der Waals surface area (Å²) in [6.45, 7) is 3.70. The van der Waals surface area contributed by atoms with E-state index in [1.54, 1.807) is 32.3 Å². The average Bonchev–Trinajstić information content (AvgIpc) is 3.16. The number of halogens is 2. The maximum Gasteiger partial charge on any atom is 0.338 e. The van der Waals surface area contributed by atoms with Crippen LogP contribution in [0.3, 0.4) is 0 Å². The molecule has 0 spiro atoms. The molecular weight excluding hydrogens is 475 g/mol. The Morgan fingerprint density at radius 1 is 1.40 bits per heavy atom. The fourth-order valence-electron chi connectivity index (χ4n) is 2.96. The zero-order valence-electron chi connectivity index (χ0n) is 16.6. The molecule has 30 heavy (non-hydrogen) atoms. The molecule has 1 aromatic heterocycles. The van der Waals surface area contributed by atoms with Crippen molar-refractivity contribution in [2.45, 2.75) is 26.3 Å². The summed E-state index contributed by atoms with van der Waals surface area (Å²) < 4.78 is 19.3. The number of esters is 1. The molecule has 1 aliphatic heterocycles. The van der Waals surface area contributed by atoms with Crippen molar-refractivity contribution in [1.29, 1.82) is 0 Å². The van der Waals surface area contributed by atoms with Crippen molar-refractivity contribution < 1.29 is 18.7 Å². The minimum atomic E-state index is -0.707. The quantitative estimate of drug-likeness (QED) is 0.601. The second-order valence-corrected chi connectivity index (χ2v) is 8.14. The molecule has 10 heteroatoms. The van der Waals surface area contributed by atoms with Gasteiger partial charge in [-0.2, -0.15) is 0 Å². The van der Waals surface area contributed by atoms with E-state index in [9.17, 15) is 14.0 Å². The van der Waals surface area contributed by atoms with E-state index >= 15 is 0 Å². The number of hydrogen-bond acceptors (Lipinski definition) is 7. The number of hydrogen-bond donors (Lipinski definition) is 2. The Kier molecular flexibility index (Phi) is 6.99. The summed E-state index contributed by atoms with van der Waals surface area (Å²) in [5.41, 5.74) is 2.16. The van der Waals surface area contributed by atoms with E-state index in [0.717, 1.165) is 0 Å². The van der Waals surface area contributed by atoms with Crippen molar-refractivity contribution in [3.8, 4) is 0 Å². The molecule has 1 amide bonds. The lowest BCUT2D eigenvalue weighted by atomic mass is 9.96. The molecular formula is C20H20BrFN4O3S. The lowest BCUT2D eigenvalue weighted by Crippen LogP contribution is -2.33. The number of nitrogens with zero attached hydrogens (tertiary/aromatic N) is 2. The molecule has 1 aliphatic rings. The third-order valence-electron chi connectivity index (χ3n) is 4.37. The maximum absolute atomic E-state index is 13.6. The molecule has 158 valence electrons. The fourth-order valence-corrected chi connectivity index (χ4v) is 4.29. The van der Waals surface area contributed by atoms with Crippen LogP contribution in [0.5, 0.6) is 0 Å². The van der Waals surface area contributed by atoms with E-state index in [1.807, 2.05) is 0 Å². The van der Waals surface area contributed by atoms with E-state index in [4.69, 9.17) is 9.73 Å². The Morgan fingerprint density at radius 2 is 2.17 bits per heavy atom. The van der Waals surface area contributed by atoms with Crippen molar-refractivity contribution in [2.24, 2.45) is 4.99 Å². The molecule has 2 N–H and O–H groups in total. The molecule has 0 aliphatic carbocycles. The molecule has 7 nitrogen and oxygen atoms in total. The first-order valence-corrected chi connectivity index (χ1v) is 10.8. The Labute approximate surface area is 185 Å². The number of aliphatic imine (C=N–C) groups is 1. The lowest BCUT2D eigenvalue weighted by Gasteiger charge is -2.26. The molecule has 3 rings (SSSR count). The van der Waals surface area contributed by atoms with Crippen molar-refractivity contribution >= 4 is 45.0 Å². The second-order valence-electron chi connectivity index (χ2n) is 6.42. The molecule has 0 fully saturated rings. The van der Waals surface area contributed by atoms with Gasteiger partial charge in [-0.3, -0.25) is 9.79 Å². The molecule has 1 unspecified atom stereocenters. The fraction of sp³-hybridized carbons (Fsp3) is 0.300. The Balaban J connectivity index is 2.03. The van der Waals surface area contributed by atoms with Crippen LogP contribution in [0.15, 0.2) is 44.3 Å². The average molecular weight is 495 g/mol. The standard InChI is InChI=1S/C20H20BrFN4O3S/c1-4-29-20(28)16-10(2)24-18(19-25-12(9-30-19)8-15(27)23-3)26-17(16)13-6-5-11(22)7-14(13)21/h5-7,9,17H,4,8H2,1-3H3,(H,23,27)(H,24,26). The number of aromatic nitrogens is 1. The Bertz CT molecular complexity index is 1050. The monoisotopic (exact) mass is 494 g/mol. The lowest BCUT2D eigenvalue weighted by molar-refractivity contribution is -0.139. The predicted octanol–water partition coefficient (Wildman–Crippen LogP) is 3.26. The van der Waals surface area contributed by atoms with Crippen LogP contribution in [0, 0.1) is 5.82 Å². The number of thiazole rings is 1. The number of carbonyl (C=O) groups excluding carboxylic acids is 2. The number of carbonyl (C=O) groups is 2. The zero-order chi connectivity index (χ0) is 21.8. The maximum atomic E-state index is 13.6. The minimum absolute atomic E-state index is 0.140. The highest BCUT2D eigenvalue weighted by Crippen LogP contribution is 2.36. The number of likely N-dealkylation sites (N-methyl/N-ethyl adjacent to an activating group) is 1. The molecule has 1 atom stereocenters. The molecule has 0 bridgehead atoms. The van der Waals surface area contributed by atoms with Gasteiger partial charge in [-0.15, -0.1) is 11.3 Å². The van der Waals surface area contributed by atoms with Gasteiger partial charge in [0.15, 0.2) is 10.8 Å². The number of amidine groups is 1. The number of nitrogens with one attached hydrogen (secondary N) is 2. The van der Waals surface area contributed by atoms with Crippen LogP contribution >= 0.6 is 27.3 Å². The summed E-state index contributed by atoms with van der Waals surface area (Å²) >= 11 is 4.71. The summed E-state index contributed by atoms with van der Waals surface area (Å²) in [4.78, 5) is 33.4. The van der Waals surface area contributed by atoms with Crippen LogP contribution < -0.4 is 10.6 Å². The van der Waals surface area contributed by atoms with Gasteiger partial charge in [-0.05, 0) is 31.5 Å². The van der Waals surface area contributed by atoms with Crippen LogP contribution in [-0.4, -0.2) is 36.4 Å². The van der Waals surface area contributed by atoms with Crippen LogP contribution in [0.25, 0.3) is 0 Å². The van der Waals surface area contributed by atoms with Gasteiger partial charge in [-0.25, -0.2) is 14.2 Å². The summed E-state index contributed by atoms with van der Waals surface area (Å²) in [6, 6.07) is 3.53. The van der Waals surface area contributed by atoms with E-state index in [2.05, 4.69) is 31.5 Å². The van der Waals surface area contributed by atoms with Gasteiger partial charge < -0.3 is 15.4 Å². The van der Waals surface area contributed by atoms with E-state index in [1.165, 1.54) is 23.5 Å². The molecule has 2 aromatic rings. The van der Waals surface area contributed by atoms with Crippen LogP contribution in [0.4, 0.5) is 4.39 Å². The van der Waals surface area contributed by atoms with Crippen molar-refractivity contribution in [1.82, 2.24) is 15.6 Å². The minimum Gasteiger partial charge on any atom is -0.463 e. The highest BCUT2D eigenvalue weighted by Gasteiger charge is 2.32. The van der Waals surface area contributed by atoms with Crippen LogP contribution in [0.2, 0.25) is 0 Å². The van der Waals surface area contributed by atoms with E-state index in [0.29, 0.717) is 37.8 Å². The van der Waals surface area contributed by atoms with Gasteiger partial charge in [-0.1, -0.05) is 22.0 Å². The third kappa shape index (κ3) is 4.76. The van der Waals surface area contributed by atoms with Crippen molar-refractivity contribution in [2.75, 3.05) is 13.7 Å². The first-order chi connectivity index (χ1) is 14.3. The van der Waals surface area contributed by atoms with Gasteiger partial charge in [0.05, 0.1) is 24.3 Å². The molecule has 0 saturated heterocycles. The van der Waals surface area contributed by atoms with Crippen LogP contribution in [0.1, 0.15) is 36.2 Å². The van der Waals surface area contributed by atoms with Crippen molar-refractivity contribution in [3.05, 3.63) is 61.4 Å². The summed E-state index contributed by atoms with van der Waals surface area (Å²) in [5, 5.41) is 8.06. The number of amides is 1. The molecule has 0 radical (unpaired) electrons. The van der Waals surface area contributed by atoms with Gasteiger partial charge in [0.1, 0.15) is 11.9 Å². The van der Waals surface area contributed by atoms with Gasteiger partial charge >= 0.3 is 5.97 Å². The first-order valence-electron chi connectivity index (χ1n) is 9.17. The highest BCUT2D eigenvalue weighted by molar-refractivity contribution is 9.10. The molecule has 1 aromatic carbocycles. The number of allylic oxidation sites excluding steroid dienone is 1. The smallest absolute Gasteiger partial charge is 0.338 e. The summed E-state index contributed by atoms with van der Waals surface area (Å²) in [7, 11) is 1.57. The second kappa shape index (κ2) is 9.48. The number of rotatable bonds is 6.